The number of anilines is 2. The highest BCUT2D eigenvalue weighted by Crippen LogP contribution is 2.31. The minimum Gasteiger partial charge on any atom is -0.395 e. The summed E-state index contributed by atoms with van der Waals surface area (Å²) in [6, 6.07) is 0. The molecule has 7 nitrogen and oxygen atoms in total. The lowest BCUT2D eigenvalue weighted by Gasteiger charge is -2.32. The van der Waals surface area contributed by atoms with Crippen LogP contribution in [0.2, 0.25) is 0 Å². The summed E-state index contributed by atoms with van der Waals surface area (Å²) < 4.78 is 0. The molecular weight excluding hydrogens is 302 g/mol. The van der Waals surface area contributed by atoms with Crippen molar-refractivity contribution in [2.75, 3.05) is 49.5 Å². The summed E-state index contributed by atoms with van der Waals surface area (Å²) in [5.74, 6) is 1.45. The van der Waals surface area contributed by atoms with Gasteiger partial charge in [-0.15, -0.1) is 11.3 Å². The first kappa shape index (κ1) is 15.0. The lowest BCUT2D eigenvalue weighted by atomic mass is 10.2. The van der Waals surface area contributed by atoms with Crippen LogP contribution in [0, 0.1) is 6.92 Å². The fraction of sp³-hybridized carbons (Fsp3) is 0.500. The van der Waals surface area contributed by atoms with Crippen LogP contribution in [-0.4, -0.2) is 65.7 Å². The predicted molar refractivity (Wildman–Crippen MR) is 87.6 cm³/mol. The molecule has 2 aromatic rings. The first-order valence-corrected chi connectivity index (χ1v) is 8.15. The molecule has 2 N–H and O–H groups in total. The van der Waals surface area contributed by atoms with E-state index in [0.29, 0.717) is 25.6 Å². The second kappa shape index (κ2) is 6.45. The number of piperazine rings is 1. The molecule has 1 saturated heterocycles. The van der Waals surface area contributed by atoms with E-state index in [-0.39, 0.29) is 6.61 Å². The molecule has 8 heteroatoms. The number of aromatic nitrogens is 2. The van der Waals surface area contributed by atoms with Crippen molar-refractivity contribution in [2.45, 2.75) is 6.92 Å². The summed E-state index contributed by atoms with van der Waals surface area (Å²) >= 11 is 1.60. The molecule has 3 rings (SSSR count). The van der Waals surface area contributed by atoms with Gasteiger partial charge in [0.2, 0.25) is 12.4 Å². The fourth-order valence-corrected chi connectivity index (χ4v) is 3.46. The van der Waals surface area contributed by atoms with Gasteiger partial charge in [-0.05, 0) is 17.9 Å². The molecule has 0 saturated carbocycles. The molecule has 0 aromatic carbocycles. The van der Waals surface area contributed by atoms with Crippen molar-refractivity contribution in [3.63, 3.8) is 0 Å². The maximum absolute atomic E-state index is 10.8. The van der Waals surface area contributed by atoms with Gasteiger partial charge in [-0.1, -0.05) is 0 Å². The zero-order valence-electron chi connectivity index (χ0n) is 12.4. The number of aliphatic hydroxyl groups is 1. The van der Waals surface area contributed by atoms with Crippen LogP contribution in [0.1, 0.15) is 5.56 Å². The summed E-state index contributed by atoms with van der Waals surface area (Å²) in [5.41, 5.74) is 1.14. The third-order valence-electron chi connectivity index (χ3n) is 3.76. The average molecular weight is 321 g/mol. The third kappa shape index (κ3) is 2.84. The van der Waals surface area contributed by atoms with Gasteiger partial charge in [-0.3, -0.25) is 4.79 Å². The number of nitrogens with zero attached hydrogens (tertiary/aromatic N) is 4. The van der Waals surface area contributed by atoms with Crippen molar-refractivity contribution in [1.82, 2.24) is 14.9 Å². The molecule has 0 aliphatic carbocycles. The quantitative estimate of drug-likeness (QED) is 0.788. The number of carbonyl (C=O) groups excluding carboxylic acids is 1. The van der Waals surface area contributed by atoms with E-state index >= 15 is 0 Å². The van der Waals surface area contributed by atoms with Crippen LogP contribution in [0.3, 0.4) is 0 Å². The maximum Gasteiger partial charge on any atom is 0.228 e. The van der Waals surface area contributed by atoms with Crippen LogP contribution < -0.4 is 10.2 Å². The molecule has 22 heavy (non-hydrogen) atoms. The summed E-state index contributed by atoms with van der Waals surface area (Å²) in [6.07, 6.45) is 0.887. The monoisotopic (exact) mass is 321 g/mol. The minimum atomic E-state index is 0.0576. The molecule has 1 fully saturated rings. The van der Waals surface area contributed by atoms with Crippen molar-refractivity contribution >= 4 is 39.7 Å². The van der Waals surface area contributed by atoms with Gasteiger partial charge >= 0.3 is 0 Å². The average Bonchev–Trinajstić information content (AvgIpc) is 2.94. The lowest BCUT2D eigenvalue weighted by molar-refractivity contribution is -0.118. The van der Waals surface area contributed by atoms with Gasteiger partial charge in [0, 0.05) is 32.7 Å². The molecule has 3 heterocycles. The van der Waals surface area contributed by atoms with E-state index in [2.05, 4.69) is 25.6 Å². The SMILES string of the molecule is Cc1csc2nc(N3CCN(C=O)CC3)nc(NCCO)c12. The van der Waals surface area contributed by atoms with Crippen LogP contribution in [0.4, 0.5) is 11.8 Å². The second-order valence-electron chi connectivity index (χ2n) is 5.25. The number of fused-ring (bicyclic) bond motifs is 1. The van der Waals surface area contributed by atoms with Crippen molar-refractivity contribution in [3.8, 4) is 0 Å². The minimum absolute atomic E-state index is 0.0576. The van der Waals surface area contributed by atoms with Gasteiger partial charge in [0.25, 0.3) is 0 Å². The number of carbonyl (C=O) groups is 1. The molecule has 1 aliphatic rings. The first-order chi connectivity index (χ1) is 10.7. The molecule has 0 bridgehead atoms. The van der Waals surface area contributed by atoms with E-state index in [4.69, 9.17) is 5.11 Å². The zero-order chi connectivity index (χ0) is 15.5. The highest BCUT2D eigenvalue weighted by molar-refractivity contribution is 7.17. The van der Waals surface area contributed by atoms with Crippen molar-refractivity contribution in [3.05, 3.63) is 10.9 Å². The lowest BCUT2D eigenvalue weighted by Crippen LogP contribution is -2.46. The van der Waals surface area contributed by atoms with Gasteiger partial charge in [0.05, 0.1) is 12.0 Å². The summed E-state index contributed by atoms with van der Waals surface area (Å²) in [5, 5.41) is 15.3. The number of nitrogens with one attached hydrogen (secondary N) is 1. The van der Waals surface area contributed by atoms with Crippen molar-refractivity contribution in [2.24, 2.45) is 0 Å². The van der Waals surface area contributed by atoms with E-state index in [1.807, 2.05) is 6.92 Å². The van der Waals surface area contributed by atoms with Crippen LogP contribution >= 0.6 is 11.3 Å². The Morgan fingerprint density at radius 1 is 1.36 bits per heavy atom. The van der Waals surface area contributed by atoms with Gasteiger partial charge in [-0.2, -0.15) is 4.98 Å². The Hall–Kier alpha value is -1.93. The molecular formula is C14H19N5O2S. The van der Waals surface area contributed by atoms with Gasteiger partial charge in [0.15, 0.2) is 0 Å². The smallest absolute Gasteiger partial charge is 0.228 e. The van der Waals surface area contributed by atoms with Crippen molar-refractivity contribution < 1.29 is 9.90 Å². The zero-order valence-corrected chi connectivity index (χ0v) is 13.3. The molecule has 0 atom stereocenters. The van der Waals surface area contributed by atoms with E-state index in [9.17, 15) is 4.79 Å². The number of aliphatic hydroxyl groups excluding tert-OH is 1. The molecule has 0 unspecified atom stereocenters. The number of aryl methyl sites for hydroxylation is 1. The van der Waals surface area contributed by atoms with Crippen LogP contribution in [0.5, 0.6) is 0 Å². The number of amides is 1. The Bertz CT molecular complexity index is 667. The van der Waals surface area contributed by atoms with Gasteiger partial charge < -0.3 is 20.2 Å². The van der Waals surface area contributed by atoms with E-state index < -0.39 is 0 Å². The first-order valence-electron chi connectivity index (χ1n) is 7.28. The highest BCUT2D eigenvalue weighted by atomic mass is 32.1. The summed E-state index contributed by atoms with van der Waals surface area (Å²) in [7, 11) is 0. The van der Waals surface area contributed by atoms with E-state index in [0.717, 1.165) is 41.1 Å². The van der Waals surface area contributed by atoms with Crippen LogP contribution in [0.15, 0.2) is 5.38 Å². The normalized spacial score (nSPS) is 15.4. The Balaban J connectivity index is 1.91. The van der Waals surface area contributed by atoms with Gasteiger partial charge in [-0.25, -0.2) is 4.98 Å². The second-order valence-corrected chi connectivity index (χ2v) is 6.11. The molecule has 1 amide bonds. The van der Waals surface area contributed by atoms with E-state index in [1.165, 1.54) is 0 Å². The molecule has 118 valence electrons. The number of thiophene rings is 1. The molecule has 0 spiro atoms. The molecule has 0 radical (unpaired) electrons. The fourth-order valence-electron chi connectivity index (χ4n) is 2.54. The van der Waals surface area contributed by atoms with Gasteiger partial charge in [0.1, 0.15) is 10.6 Å². The third-order valence-corrected chi connectivity index (χ3v) is 4.75. The van der Waals surface area contributed by atoms with Crippen LogP contribution in [-0.2, 0) is 4.79 Å². The Morgan fingerprint density at radius 3 is 2.82 bits per heavy atom. The summed E-state index contributed by atoms with van der Waals surface area (Å²) in [4.78, 5) is 24.9. The van der Waals surface area contributed by atoms with Crippen molar-refractivity contribution in [1.29, 1.82) is 0 Å². The van der Waals surface area contributed by atoms with Crippen LogP contribution in [0.25, 0.3) is 10.2 Å². The Morgan fingerprint density at radius 2 is 2.14 bits per heavy atom. The number of rotatable bonds is 5. The standard InChI is InChI=1S/C14H19N5O2S/c1-10-8-22-13-11(10)12(15-2-7-20)16-14(17-13)19-5-3-18(9-21)4-6-19/h8-9,20H,2-7H2,1H3,(H,15,16,17). The topological polar surface area (TPSA) is 81.6 Å². The Kier molecular flexibility index (Phi) is 4.39. The summed E-state index contributed by atoms with van der Waals surface area (Å²) in [6.45, 7) is 5.39. The molecule has 1 aliphatic heterocycles. The van der Waals surface area contributed by atoms with E-state index in [1.54, 1.807) is 16.2 Å². The molecule has 2 aromatic heterocycles. The number of hydrogen-bond donors (Lipinski definition) is 2. The maximum atomic E-state index is 10.8. The Labute approximate surface area is 132 Å². The largest absolute Gasteiger partial charge is 0.395 e. The highest BCUT2D eigenvalue weighted by Gasteiger charge is 2.20. The predicted octanol–water partition coefficient (Wildman–Crippen LogP) is 0.682. The number of hydrogen-bond acceptors (Lipinski definition) is 7.